The lowest BCUT2D eigenvalue weighted by atomic mass is 9.49. The fourth-order valence-corrected chi connectivity index (χ4v) is 7.22. The van der Waals surface area contributed by atoms with Gasteiger partial charge in [-0.05, 0) is 92.1 Å². The second-order valence-corrected chi connectivity index (χ2v) is 9.44. The Balaban J connectivity index is 1.59. The van der Waals surface area contributed by atoms with Crippen LogP contribution in [0.15, 0.2) is 11.6 Å². The van der Waals surface area contributed by atoms with Gasteiger partial charge in [0.1, 0.15) is 0 Å². The Morgan fingerprint density at radius 2 is 1.96 bits per heavy atom. The molecule has 5 unspecified atom stereocenters. The van der Waals surface area contributed by atoms with Gasteiger partial charge in [0, 0.05) is 6.42 Å². The Morgan fingerprint density at radius 1 is 1.12 bits per heavy atom. The topological polar surface area (TPSA) is 37.3 Å². The van der Waals surface area contributed by atoms with Gasteiger partial charge >= 0.3 is 0 Å². The van der Waals surface area contributed by atoms with Crippen LogP contribution in [-0.2, 0) is 4.79 Å². The van der Waals surface area contributed by atoms with Gasteiger partial charge in [-0.1, -0.05) is 26.7 Å². The smallest absolute Gasteiger partial charge is 0.155 e. The number of carbonyl (C=O) groups is 1. The number of hydrogen-bond acceptors (Lipinski definition) is 2. The fourth-order valence-electron chi connectivity index (χ4n) is 7.22. The molecule has 24 heavy (non-hydrogen) atoms. The summed E-state index contributed by atoms with van der Waals surface area (Å²) >= 11 is 0. The number of fused-ring (bicyclic) bond motifs is 5. The van der Waals surface area contributed by atoms with E-state index in [1.165, 1.54) is 51.4 Å². The van der Waals surface area contributed by atoms with Crippen molar-refractivity contribution in [2.75, 3.05) is 0 Å². The van der Waals surface area contributed by atoms with E-state index < -0.39 is 5.60 Å². The third kappa shape index (κ3) is 2.35. The van der Waals surface area contributed by atoms with Crippen LogP contribution in [0.1, 0.15) is 84.5 Å². The van der Waals surface area contributed by atoms with Gasteiger partial charge in [0.05, 0.1) is 5.60 Å². The van der Waals surface area contributed by atoms with Gasteiger partial charge in [-0.3, -0.25) is 4.79 Å². The summed E-state index contributed by atoms with van der Waals surface area (Å²) < 4.78 is 0. The summed E-state index contributed by atoms with van der Waals surface area (Å²) in [4.78, 5) is 11.8. The normalized spacial score (nSPS) is 47.6. The van der Waals surface area contributed by atoms with E-state index in [1.807, 2.05) is 0 Å². The van der Waals surface area contributed by atoms with Gasteiger partial charge in [0.15, 0.2) is 5.78 Å². The molecule has 0 aromatic carbocycles. The van der Waals surface area contributed by atoms with Crippen molar-refractivity contribution < 1.29 is 9.90 Å². The van der Waals surface area contributed by atoms with Crippen LogP contribution in [0.3, 0.4) is 0 Å². The molecule has 1 N–H and O–H groups in total. The van der Waals surface area contributed by atoms with Gasteiger partial charge in [-0.15, -0.1) is 0 Å². The van der Waals surface area contributed by atoms with Crippen LogP contribution in [0.5, 0.6) is 0 Å². The quantitative estimate of drug-likeness (QED) is 0.786. The van der Waals surface area contributed by atoms with E-state index >= 15 is 0 Å². The number of carbonyl (C=O) groups excluding carboxylic acids is 1. The second kappa shape index (κ2) is 5.97. The Labute approximate surface area is 147 Å². The van der Waals surface area contributed by atoms with Crippen LogP contribution in [0, 0.1) is 29.1 Å². The first kappa shape index (κ1) is 16.8. The van der Waals surface area contributed by atoms with Crippen molar-refractivity contribution in [2.24, 2.45) is 29.1 Å². The van der Waals surface area contributed by atoms with E-state index in [0.717, 1.165) is 23.8 Å². The minimum absolute atomic E-state index is 0.231. The summed E-state index contributed by atoms with van der Waals surface area (Å²) in [6.07, 6.45) is 14.5. The molecule has 0 aromatic rings. The molecule has 4 aliphatic rings. The third-order valence-electron chi connectivity index (χ3n) is 8.54. The molecule has 0 radical (unpaired) electrons. The highest BCUT2D eigenvalue weighted by atomic mass is 16.3. The average Bonchev–Trinajstić information content (AvgIpc) is 2.90. The molecule has 2 nitrogen and oxygen atoms in total. The van der Waals surface area contributed by atoms with Crippen molar-refractivity contribution in [3.63, 3.8) is 0 Å². The van der Waals surface area contributed by atoms with E-state index in [4.69, 9.17) is 0 Å². The number of hydrogen-bond donors (Lipinski definition) is 1. The molecular formula is C22H34O2. The first-order chi connectivity index (χ1) is 11.5. The van der Waals surface area contributed by atoms with Crippen molar-refractivity contribution in [3.8, 4) is 0 Å². The highest BCUT2D eigenvalue weighted by Gasteiger charge is 2.59. The molecule has 0 bridgehead atoms. The maximum Gasteiger partial charge on any atom is 0.155 e. The molecule has 0 spiro atoms. The Kier molecular flexibility index (Phi) is 4.18. The maximum absolute atomic E-state index is 11.8. The number of unbranched alkanes of at least 4 members (excludes halogenated alkanes) is 1. The molecule has 0 aromatic heterocycles. The number of ketones is 1. The molecule has 3 fully saturated rings. The predicted octanol–water partition coefficient (Wildman–Crippen LogP) is 5.05. The summed E-state index contributed by atoms with van der Waals surface area (Å²) in [5.41, 5.74) is 0.932. The van der Waals surface area contributed by atoms with Crippen molar-refractivity contribution in [2.45, 2.75) is 90.1 Å². The van der Waals surface area contributed by atoms with Gasteiger partial charge < -0.3 is 5.11 Å². The number of rotatable bonds is 3. The van der Waals surface area contributed by atoms with Crippen molar-refractivity contribution in [1.82, 2.24) is 0 Å². The first-order valence-electron chi connectivity index (χ1n) is 10.5. The average molecular weight is 331 g/mol. The lowest BCUT2D eigenvalue weighted by Gasteiger charge is -2.57. The lowest BCUT2D eigenvalue weighted by molar-refractivity contribution is -0.126. The van der Waals surface area contributed by atoms with Crippen LogP contribution in [-0.4, -0.2) is 16.5 Å². The minimum Gasteiger partial charge on any atom is -0.385 e. The van der Waals surface area contributed by atoms with E-state index in [0.29, 0.717) is 30.1 Å². The molecule has 0 amide bonds. The Morgan fingerprint density at radius 3 is 2.75 bits per heavy atom. The molecule has 0 aliphatic heterocycles. The molecule has 6 atom stereocenters. The van der Waals surface area contributed by atoms with E-state index in [1.54, 1.807) is 6.08 Å². The van der Waals surface area contributed by atoms with Crippen LogP contribution >= 0.6 is 0 Å². The standard InChI is InChI=1S/C22H34O2/c1-3-4-5-15-7-9-19-18-8-6-16-14-17(23)10-13-22(16,24)20(18)11-12-21(15,19)2/h14-15,18-20,24H,3-13H2,1-2H3/t15?,18?,19?,20?,21?,22-/m1/s1. The molecule has 3 saturated carbocycles. The predicted molar refractivity (Wildman–Crippen MR) is 96.6 cm³/mol. The minimum atomic E-state index is -0.653. The third-order valence-corrected chi connectivity index (χ3v) is 8.54. The van der Waals surface area contributed by atoms with E-state index in [2.05, 4.69) is 13.8 Å². The molecule has 0 heterocycles. The van der Waals surface area contributed by atoms with Crippen molar-refractivity contribution in [1.29, 1.82) is 0 Å². The van der Waals surface area contributed by atoms with E-state index in [-0.39, 0.29) is 5.78 Å². The highest BCUT2D eigenvalue weighted by Crippen LogP contribution is 2.65. The summed E-state index contributed by atoms with van der Waals surface area (Å²) in [5.74, 6) is 3.04. The van der Waals surface area contributed by atoms with Crippen LogP contribution in [0.4, 0.5) is 0 Å². The number of aliphatic hydroxyl groups is 1. The zero-order valence-corrected chi connectivity index (χ0v) is 15.5. The SMILES string of the molecule is CCCCC1CCC2C3CCC4=CC(=O)CC[C@]4(O)C3CCC12C. The summed E-state index contributed by atoms with van der Waals surface area (Å²) in [6.45, 7) is 4.88. The summed E-state index contributed by atoms with van der Waals surface area (Å²) in [7, 11) is 0. The highest BCUT2D eigenvalue weighted by molar-refractivity contribution is 5.92. The maximum atomic E-state index is 11.8. The zero-order chi connectivity index (χ0) is 16.9. The molecule has 4 rings (SSSR count). The molecule has 0 saturated heterocycles. The first-order valence-corrected chi connectivity index (χ1v) is 10.5. The van der Waals surface area contributed by atoms with Crippen LogP contribution in [0.25, 0.3) is 0 Å². The van der Waals surface area contributed by atoms with Gasteiger partial charge in [0.2, 0.25) is 0 Å². The molecule has 4 aliphatic carbocycles. The lowest BCUT2D eigenvalue weighted by Crippen LogP contribution is -2.55. The second-order valence-electron chi connectivity index (χ2n) is 9.44. The van der Waals surface area contributed by atoms with Crippen molar-refractivity contribution in [3.05, 3.63) is 11.6 Å². The molecular weight excluding hydrogens is 296 g/mol. The van der Waals surface area contributed by atoms with Gasteiger partial charge in [0.25, 0.3) is 0 Å². The monoisotopic (exact) mass is 330 g/mol. The van der Waals surface area contributed by atoms with Crippen LogP contribution in [0.2, 0.25) is 0 Å². The van der Waals surface area contributed by atoms with Gasteiger partial charge in [-0.2, -0.15) is 0 Å². The zero-order valence-electron chi connectivity index (χ0n) is 15.5. The van der Waals surface area contributed by atoms with Crippen LogP contribution < -0.4 is 0 Å². The Hall–Kier alpha value is -0.630. The fraction of sp³-hybridized carbons (Fsp3) is 0.864. The molecule has 134 valence electrons. The van der Waals surface area contributed by atoms with Crippen molar-refractivity contribution >= 4 is 5.78 Å². The molecule has 2 heteroatoms. The van der Waals surface area contributed by atoms with Gasteiger partial charge in [-0.25, -0.2) is 0 Å². The van der Waals surface area contributed by atoms with E-state index in [9.17, 15) is 9.90 Å². The summed E-state index contributed by atoms with van der Waals surface area (Å²) in [5, 5.41) is 11.5. The largest absolute Gasteiger partial charge is 0.385 e. The summed E-state index contributed by atoms with van der Waals surface area (Å²) in [6, 6.07) is 0. The Bertz CT molecular complexity index is 550.